The van der Waals surface area contributed by atoms with E-state index in [0.29, 0.717) is 0 Å². The summed E-state index contributed by atoms with van der Waals surface area (Å²) in [5, 5.41) is 3.11. The van der Waals surface area contributed by atoms with E-state index < -0.39 is 5.41 Å². The molecule has 1 heterocycles. The Morgan fingerprint density at radius 3 is 2.19 bits per heavy atom. The van der Waals surface area contributed by atoms with Crippen molar-refractivity contribution in [1.29, 1.82) is 0 Å². The highest BCUT2D eigenvalue weighted by Crippen LogP contribution is 2.45. The van der Waals surface area contributed by atoms with E-state index in [-0.39, 0.29) is 11.6 Å². The highest BCUT2D eigenvalue weighted by atomic mass is 16.2. The van der Waals surface area contributed by atoms with Crippen LogP contribution >= 0.6 is 0 Å². The molecule has 5 heteroatoms. The van der Waals surface area contributed by atoms with Crippen molar-refractivity contribution < 1.29 is 4.79 Å². The number of benzene rings is 2. The van der Waals surface area contributed by atoms with Crippen LogP contribution in [0.15, 0.2) is 41.2 Å². The average Bonchev–Trinajstić information content (AvgIpc) is 2.77. The molecule has 140 valence electrons. The van der Waals surface area contributed by atoms with Gasteiger partial charge in [0.15, 0.2) is 0 Å². The summed E-state index contributed by atoms with van der Waals surface area (Å²) in [6.45, 7) is 4.15. The molecule has 2 aromatic carbocycles. The number of imidazole rings is 1. The lowest BCUT2D eigenvalue weighted by Crippen LogP contribution is -2.46. The maximum absolute atomic E-state index is 13.2. The van der Waals surface area contributed by atoms with Gasteiger partial charge in [-0.1, -0.05) is 35.7 Å². The normalized spacial score (nSPS) is 15.6. The Hall–Kier alpha value is -2.82. The Morgan fingerprint density at radius 1 is 0.963 bits per heavy atom. The summed E-state index contributed by atoms with van der Waals surface area (Å²) in [6, 6.07) is 12.0. The highest BCUT2D eigenvalue weighted by molar-refractivity contribution is 6.01. The van der Waals surface area contributed by atoms with Crippen molar-refractivity contribution in [2.24, 2.45) is 14.1 Å². The van der Waals surface area contributed by atoms with Crippen molar-refractivity contribution >= 4 is 22.6 Å². The van der Waals surface area contributed by atoms with Gasteiger partial charge in [-0.3, -0.25) is 13.9 Å². The predicted octanol–water partition coefficient (Wildman–Crippen LogP) is 3.55. The zero-order valence-electron chi connectivity index (χ0n) is 16.3. The summed E-state index contributed by atoms with van der Waals surface area (Å²) in [5.74, 6) is 0.0408. The molecule has 0 aliphatic heterocycles. The molecule has 1 aliphatic rings. The van der Waals surface area contributed by atoms with Crippen LogP contribution in [0.5, 0.6) is 0 Å². The minimum absolute atomic E-state index is 0.0408. The molecule has 0 radical (unpaired) electrons. The van der Waals surface area contributed by atoms with Gasteiger partial charge in [-0.15, -0.1) is 0 Å². The second-order valence-corrected chi connectivity index (χ2v) is 7.87. The summed E-state index contributed by atoms with van der Waals surface area (Å²) in [7, 11) is 3.51. The fourth-order valence-corrected chi connectivity index (χ4v) is 4.26. The molecule has 1 saturated carbocycles. The van der Waals surface area contributed by atoms with Crippen molar-refractivity contribution in [3.63, 3.8) is 0 Å². The molecule has 0 unspecified atom stereocenters. The first-order valence-corrected chi connectivity index (χ1v) is 9.37. The number of fused-ring (bicyclic) bond motifs is 1. The minimum atomic E-state index is -0.450. The number of carbonyl (C=O) groups is 1. The first kappa shape index (κ1) is 17.6. The van der Waals surface area contributed by atoms with Gasteiger partial charge in [0, 0.05) is 19.8 Å². The number of aryl methyl sites for hydroxylation is 4. The van der Waals surface area contributed by atoms with Crippen LogP contribution in [0.4, 0.5) is 5.69 Å². The number of hydrogen-bond donors (Lipinski definition) is 1. The Bertz CT molecular complexity index is 1100. The van der Waals surface area contributed by atoms with Crippen LogP contribution in [0.3, 0.4) is 0 Å². The largest absolute Gasteiger partial charge is 0.328 e. The Balaban J connectivity index is 1.69. The number of rotatable bonds is 3. The topological polar surface area (TPSA) is 56.0 Å². The second kappa shape index (κ2) is 6.12. The molecule has 1 fully saturated rings. The van der Waals surface area contributed by atoms with Gasteiger partial charge in [-0.2, -0.15) is 0 Å². The molecular weight excluding hydrogens is 338 g/mol. The lowest BCUT2D eigenvalue weighted by atomic mass is 9.63. The molecule has 3 aromatic rings. The minimum Gasteiger partial charge on any atom is -0.325 e. The summed E-state index contributed by atoms with van der Waals surface area (Å²) in [5.41, 5.74) is 5.35. The van der Waals surface area contributed by atoms with E-state index in [0.717, 1.165) is 41.5 Å². The molecule has 0 spiro atoms. The third kappa shape index (κ3) is 2.69. The summed E-state index contributed by atoms with van der Waals surface area (Å²) >= 11 is 0. The highest BCUT2D eigenvalue weighted by Gasteiger charge is 2.45. The Labute approximate surface area is 158 Å². The third-order valence-corrected chi connectivity index (χ3v) is 5.95. The number of nitrogens with zero attached hydrogens (tertiary/aromatic N) is 2. The maximum Gasteiger partial charge on any atom is 0.328 e. The number of aromatic nitrogens is 2. The van der Waals surface area contributed by atoms with Crippen LogP contribution in [0, 0.1) is 13.8 Å². The van der Waals surface area contributed by atoms with Crippen LogP contribution in [-0.4, -0.2) is 15.0 Å². The van der Waals surface area contributed by atoms with E-state index in [2.05, 4.69) is 37.4 Å². The fourth-order valence-electron chi connectivity index (χ4n) is 4.26. The number of nitrogens with one attached hydrogen (secondary N) is 1. The molecule has 0 atom stereocenters. The zero-order valence-corrected chi connectivity index (χ0v) is 16.3. The van der Waals surface area contributed by atoms with Gasteiger partial charge in [0.25, 0.3) is 0 Å². The van der Waals surface area contributed by atoms with Gasteiger partial charge in [0.1, 0.15) is 0 Å². The van der Waals surface area contributed by atoms with Crippen LogP contribution < -0.4 is 11.0 Å². The lowest BCUT2D eigenvalue weighted by molar-refractivity contribution is -0.124. The maximum atomic E-state index is 13.2. The number of hydrogen-bond acceptors (Lipinski definition) is 2. The second-order valence-electron chi connectivity index (χ2n) is 7.87. The predicted molar refractivity (Wildman–Crippen MR) is 108 cm³/mol. The molecule has 27 heavy (non-hydrogen) atoms. The van der Waals surface area contributed by atoms with Crippen LogP contribution in [-0.2, 0) is 24.3 Å². The SMILES string of the molecule is Cc1cc(C)cc(C2(C(=O)Nc3ccc4c(c3)n(C)c(=O)n4C)CCC2)c1. The van der Waals surface area contributed by atoms with Crippen LogP contribution in [0.25, 0.3) is 11.0 Å². The van der Waals surface area contributed by atoms with E-state index in [1.54, 1.807) is 23.2 Å². The standard InChI is InChI=1S/C22H25N3O2/c1-14-10-15(2)12-16(11-14)22(8-5-9-22)20(26)23-17-6-7-18-19(13-17)25(4)21(27)24(18)3/h6-7,10-13H,5,8-9H2,1-4H3,(H,23,26). The summed E-state index contributed by atoms with van der Waals surface area (Å²) < 4.78 is 3.22. The lowest BCUT2D eigenvalue weighted by Gasteiger charge is -2.41. The van der Waals surface area contributed by atoms with E-state index >= 15 is 0 Å². The van der Waals surface area contributed by atoms with Gasteiger partial charge >= 0.3 is 5.69 Å². The number of amides is 1. The quantitative estimate of drug-likeness (QED) is 0.774. The van der Waals surface area contributed by atoms with Gasteiger partial charge < -0.3 is 5.32 Å². The van der Waals surface area contributed by atoms with Crippen molar-refractivity contribution in [1.82, 2.24) is 9.13 Å². The molecule has 0 bridgehead atoms. The molecular formula is C22H25N3O2. The molecule has 1 N–H and O–H groups in total. The Kier molecular flexibility index (Phi) is 3.98. The smallest absolute Gasteiger partial charge is 0.325 e. The molecule has 5 nitrogen and oxygen atoms in total. The fraction of sp³-hybridized carbons (Fsp3) is 0.364. The summed E-state index contributed by atoms with van der Waals surface area (Å²) in [4.78, 5) is 25.4. The van der Waals surface area contributed by atoms with E-state index in [1.807, 2.05) is 18.2 Å². The Morgan fingerprint density at radius 2 is 1.59 bits per heavy atom. The molecule has 1 aliphatic carbocycles. The molecule has 1 amide bonds. The van der Waals surface area contributed by atoms with Gasteiger partial charge in [-0.25, -0.2) is 4.79 Å². The van der Waals surface area contributed by atoms with Crippen molar-refractivity contribution in [2.75, 3.05) is 5.32 Å². The monoisotopic (exact) mass is 363 g/mol. The number of carbonyl (C=O) groups excluding carboxylic acids is 1. The zero-order chi connectivity index (χ0) is 19.3. The van der Waals surface area contributed by atoms with E-state index in [1.165, 1.54) is 11.1 Å². The van der Waals surface area contributed by atoms with Crippen LogP contribution in [0.1, 0.15) is 36.0 Å². The van der Waals surface area contributed by atoms with Crippen molar-refractivity contribution in [3.8, 4) is 0 Å². The summed E-state index contributed by atoms with van der Waals surface area (Å²) in [6.07, 6.45) is 2.80. The third-order valence-electron chi connectivity index (χ3n) is 5.95. The van der Waals surface area contributed by atoms with Gasteiger partial charge in [0.05, 0.1) is 16.4 Å². The van der Waals surface area contributed by atoms with Gasteiger partial charge in [0.2, 0.25) is 5.91 Å². The van der Waals surface area contributed by atoms with Crippen molar-refractivity contribution in [2.45, 2.75) is 38.5 Å². The van der Waals surface area contributed by atoms with Crippen molar-refractivity contribution in [3.05, 3.63) is 63.6 Å². The molecule has 0 saturated heterocycles. The first-order chi connectivity index (χ1) is 12.8. The average molecular weight is 363 g/mol. The molecule has 1 aromatic heterocycles. The van der Waals surface area contributed by atoms with E-state index in [4.69, 9.17) is 0 Å². The van der Waals surface area contributed by atoms with E-state index in [9.17, 15) is 9.59 Å². The van der Waals surface area contributed by atoms with Crippen LogP contribution in [0.2, 0.25) is 0 Å². The van der Waals surface area contributed by atoms with Gasteiger partial charge in [-0.05, 0) is 50.5 Å². The molecule has 4 rings (SSSR count). The number of anilines is 1. The first-order valence-electron chi connectivity index (χ1n) is 9.37.